The summed E-state index contributed by atoms with van der Waals surface area (Å²) < 4.78 is 14.9. The van der Waals surface area contributed by atoms with Gasteiger partial charge in [-0.15, -0.1) is 10.2 Å². The molecule has 0 radical (unpaired) electrons. The highest BCUT2D eigenvalue weighted by molar-refractivity contribution is 5.53. The zero-order valence-corrected chi connectivity index (χ0v) is 11.4. The maximum atomic E-state index is 13.1. The third-order valence-corrected chi connectivity index (χ3v) is 3.08. The van der Waals surface area contributed by atoms with Gasteiger partial charge >= 0.3 is 0 Å². The molecular formula is C15H13FN4O. The number of nitrogens with zero attached hydrogens (tertiary/aromatic N) is 4. The maximum Gasteiger partial charge on any atom is 0.182 e. The summed E-state index contributed by atoms with van der Waals surface area (Å²) in [7, 11) is 0. The van der Waals surface area contributed by atoms with Gasteiger partial charge in [-0.2, -0.15) is 0 Å². The SMILES string of the molecule is Cc1nc2cc(CO)ccn2c1N=Nc1cccc(F)c1. The third-order valence-electron chi connectivity index (χ3n) is 3.08. The van der Waals surface area contributed by atoms with E-state index in [1.54, 1.807) is 34.9 Å². The van der Waals surface area contributed by atoms with Gasteiger partial charge in [-0.25, -0.2) is 9.37 Å². The summed E-state index contributed by atoms with van der Waals surface area (Å²) in [5.41, 5.74) is 2.62. The molecule has 0 spiro atoms. The Morgan fingerprint density at radius 1 is 1.24 bits per heavy atom. The minimum atomic E-state index is -0.353. The van der Waals surface area contributed by atoms with E-state index >= 15 is 0 Å². The molecule has 1 aromatic carbocycles. The molecule has 0 aliphatic rings. The first-order chi connectivity index (χ1) is 10.2. The first kappa shape index (κ1) is 13.4. The van der Waals surface area contributed by atoms with Gasteiger partial charge in [0.2, 0.25) is 0 Å². The van der Waals surface area contributed by atoms with E-state index in [1.165, 1.54) is 12.1 Å². The molecule has 3 rings (SSSR count). The Labute approximate surface area is 120 Å². The Hall–Kier alpha value is -2.60. The highest BCUT2D eigenvalue weighted by atomic mass is 19.1. The van der Waals surface area contributed by atoms with Crippen molar-refractivity contribution in [3.05, 3.63) is 59.7 Å². The van der Waals surface area contributed by atoms with E-state index in [0.29, 0.717) is 22.8 Å². The van der Waals surface area contributed by atoms with Gasteiger partial charge in [0.05, 0.1) is 18.0 Å². The lowest BCUT2D eigenvalue weighted by Gasteiger charge is -1.99. The molecule has 0 unspecified atom stereocenters. The number of halogens is 1. The number of rotatable bonds is 3. The average Bonchev–Trinajstić information content (AvgIpc) is 2.79. The smallest absolute Gasteiger partial charge is 0.182 e. The normalized spacial score (nSPS) is 11.6. The van der Waals surface area contributed by atoms with Crippen molar-refractivity contribution in [1.29, 1.82) is 0 Å². The second-order valence-corrected chi connectivity index (χ2v) is 4.62. The monoisotopic (exact) mass is 284 g/mol. The van der Waals surface area contributed by atoms with Crippen LogP contribution in [0, 0.1) is 12.7 Å². The van der Waals surface area contributed by atoms with Crippen LogP contribution in [-0.2, 0) is 6.61 Å². The van der Waals surface area contributed by atoms with Crippen LogP contribution >= 0.6 is 0 Å². The van der Waals surface area contributed by atoms with Gasteiger partial charge in [0.1, 0.15) is 11.5 Å². The number of imidazole rings is 1. The van der Waals surface area contributed by atoms with Crippen LogP contribution in [0.1, 0.15) is 11.3 Å². The van der Waals surface area contributed by atoms with E-state index in [4.69, 9.17) is 5.11 Å². The summed E-state index contributed by atoms with van der Waals surface area (Å²) >= 11 is 0. The van der Waals surface area contributed by atoms with Crippen molar-refractivity contribution in [2.24, 2.45) is 10.2 Å². The number of aromatic nitrogens is 2. The van der Waals surface area contributed by atoms with Gasteiger partial charge in [0.15, 0.2) is 5.82 Å². The summed E-state index contributed by atoms with van der Waals surface area (Å²) in [5, 5.41) is 17.3. The molecule has 0 amide bonds. The van der Waals surface area contributed by atoms with Crippen molar-refractivity contribution < 1.29 is 9.50 Å². The van der Waals surface area contributed by atoms with Crippen LogP contribution in [0.5, 0.6) is 0 Å². The van der Waals surface area contributed by atoms with Crippen LogP contribution in [0.3, 0.4) is 0 Å². The summed E-state index contributed by atoms with van der Waals surface area (Å²) in [6.07, 6.45) is 1.78. The fourth-order valence-corrected chi connectivity index (χ4v) is 2.05. The second-order valence-electron chi connectivity index (χ2n) is 4.62. The molecule has 106 valence electrons. The topological polar surface area (TPSA) is 62.2 Å². The molecule has 3 aromatic rings. The molecule has 6 heteroatoms. The quantitative estimate of drug-likeness (QED) is 0.745. The van der Waals surface area contributed by atoms with Gasteiger partial charge in [-0.3, -0.25) is 4.40 Å². The number of aryl methyl sites for hydroxylation is 1. The van der Waals surface area contributed by atoms with Gasteiger partial charge in [0, 0.05) is 12.3 Å². The van der Waals surface area contributed by atoms with Crippen molar-refractivity contribution in [2.75, 3.05) is 0 Å². The van der Waals surface area contributed by atoms with Crippen molar-refractivity contribution in [2.45, 2.75) is 13.5 Å². The van der Waals surface area contributed by atoms with Crippen molar-refractivity contribution >= 4 is 17.2 Å². The first-order valence-corrected chi connectivity index (χ1v) is 6.43. The summed E-state index contributed by atoms with van der Waals surface area (Å²) in [4.78, 5) is 4.38. The number of hydrogen-bond donors (Lipinski definition) is 1. The number of benzene rings is 1. The van der Waals surface area contributed by atoms with Crippen molar-refractivity contribution in [1.82, 2.24) is 9.38 Å². The van der Waals surface area contributed by atoms with E-state index in [9.17, 15) is 4.39 Å². The minimum absolute atomic E-state index is 0.0391. The van der Waals surface area contributed by atoms with Crippen molar-refractivity contribution in [3.63, 3.8) is 0 Å². The Bertz CT molecular complexity index is 826. The Balaban J connectivity index is 2.02. The van der Waals surface area contributed by atoms with Crippen LogP contribution < -0.4 is 0 Å². The third kappa shape index (κ3) is 2.66. The largest absolute Gasteiger partial charge is 0.392 e. The number of pyridine rings is 1. The average molecular weight is 284 g/mol. The fraction of sp³-hybridized carbons (Fsp3) is 0.133. The summed E-state index contributed by atoms with van der Waals surface area (Å²) in [5.74, 6) is 0.229. The van der Waals surface area contributed by atoms with Crippen molar-refractivity contribution in [3.8, 4) is 0 Å². The van der Waals surface area contributed by atoms with E-state index in [1.807, 2.05) is 6.92 Å². The van der Waals surface area contributed by atoms with Crippen LogP contribution in [0.2, 0.25) is 0 Å². The number of aliphatic hydroxyl groups is 1. The molecule has 0 aliphatic carbocycles. The molecule has 0 bridgehead atoms. The Kier molecular flexibility index (Phi) is 3.45. The number of azo groups is 1. The zero-order chi connectivity index (χ0) is 14.8. The molecule has 0 fully saturated rings. The van der Waals surface area contributed by atoms with Crippen LogP contribution in [0.25, 0.3) is 5.65 Å². The highest BCUT2D eigenvalue weighted by Crippen LogP contribution is 2.24. The second kappa shape index (κ2) is 5.41. The van der Waals surface area contributed by atoms with Crippen LogP contribution in [-0.4, -0.2) is 14.5 Å². The molecule has 0 saturated heterocycles. The minimum Gasteiger partial charge on any atom is -0.392 e. The molecule has 0 atom stereocenters. The predicted octanol–water partition coefficient (Wildman–Crippen LogP) is 3.69. The number of hydrogen-bond acceptors (Lipinski definition) is 4. The van der Waals surface area contributed by atoms with Gasteiger partial charge < -0.3 is 5.11 Å². The standard InChI is InChI=1S/C15H13FN4O/c1-10-15(19-18-13-4-2-3-12(16)8-13)20-6-5-11(9-21)7-14(20)17-10/h2-8,21H,9H2,1H3. The highest BCUT2D eigenvalue weighted by Gasteiger charge is 2.08. The summed E-state index contributed by atoms with van der Waals surface area (Å²) in [6.45, 7) is 1.79. The summed E-state index contributed by atoms with van der Waals surface area (Å²) in [6, 6.07) is 9.50. The number of fused-ring (bicyclic) bond motifs is 1. The van der Waals surface area contributed by atoms with E-state index < -0.39 is 0 Å². The molecule has 2 heterocycles. The van der Waals surface area contributed by atoms with Gasteiger partial charge in [-0.1, -0.05) is 6.07 Å². The Morgan fingerprint density at radius 3 is 2.86 bits per heavy atom. The van der Waals surface area contributed by atoms with Gasteiger partial charge in [0.25, 0.3) is 0 Å². The van der Waals surface area contributed by atoms with Crippen LogP contribution in [0.4, 0.5) is 15.9 Å². The van der Waals surface area contributed by atoms with E-state index in [-0.39, 0.29) is 12.4 Å². The lowest BCUT2D eigenvalue weighted by molar-refractivity contribution is 0.282. The molecule has 0 aliphatic heterocycles. The maximum absolute atomic E-state index is 13.1. The molecule has 21 heavy (non-hydrogen) atoms. The zero-order valence-electron chi connectivity index (χ0n) is 11.4. The lowest BCUT2D eigenvalue weighted by atomic mass is 10.3. The lowest BCUT2D eigenvalue weighted by Crippen LogP contribution is -1.88. The first-order valence-electron chi connectivity index (χ1n) is 6.43. The molecule has 2 aromatic heterocycles. The van der Waals surface area contributed by atoms with E-state index in [0.717, 1.165) is 5.56 Å². The van der Waals surface area contributed by atoms with E-state index in [2.05, 4.69) is 15.2 Å². The fourth-order valence-electron chi connectivity index (χ4n) is 2.05. The molecule has 5 nitrogen and oxygen atoms in total. The molecule has 0 saturated carbocycles. The van der Waals surface area contributed by atoms with Gasteiger partial charge in [-0.05, 0) is 36.8 Å². The predicted molar refractivity (Wildman–Crippen MR) is 76.4 cm³/mol. The molecule has 1 N–H and O–H groups in total. The number of aliphatic hydroxyl groups excluding tert-OH is 1. The van der Waals surface area contributed by atoms with Crippen LogP contribution in [0.15, 0.2) is 52.8 Å². The molecular weight excluding hydrogens is 271 g/mol. The Morgan fingerprint density at radius 2 is 2.10 bits per heavy atom.